The third kappa shape index (κ3) is 2.71. The minimum absolute atomic E-state index is 0.187. The molecule has 0 aromatic carbocycles. The smallest absolute Gasteiger partial charge is 0.230 e. The maximum absolute atomic E-state index is 13.0. The third-order valence-corrected chi connectivity index (χ3v) is 5.42. The molecule has 24 heavy (non-hydrogen) atoms. The second-order valence-electron chi connectivity index (χ2n) is 7.03. The molecular weight excluding hydrogens is 302 g/mol. The molecule has 4 heterocycles. The highest BCUT2D eigenvalue weighted by Gasteiger charge is 2.50. The van der Waals surface area contributed by atoms with Crippen LogP contribution in [0.1, 0.15) is 24.2 Å². The predicted molar refractivity (Wildman–Crippen MR) is 89.8 cm³/mol. The number of imidazole rings is 1. The van der Waals surface area contributed by atoms with Gasteiger partial charge in [-0.3, -0.25) is 14.7 Å². The molecule has 0 radical (unpaired) electrons. The first kappa shape index (κ1) is 15.3. The van der Waals surface area contributed by atoms with Crippen LogP contribution < -0.4 is 0 Å². The summed E-state index contributed by atoms with van der Waals surface area (Å²) in [6.45, 7) is 4.17. The lowest BCUT2D eigenvalue weighted by atomic mass is 9.85. The molecule has 0 unspecified atom stereocenters. The van der Waals surface area contributed by atoms with Gasteiger partial charge in [-0.15, -0.1) is 0 Å². The fourth-order valence-electron chi connectivity index (χ4n) is 3.98. The van der Waals surface area contributed by atoms with E-state index in [-0.39, 0.29) is 5.41 Å². The molecule has 2 aromatic rings. The van der Waals surface area contributed by atoms with Crippen LogP contribution in [0.25, 0.3) is 0 Å². The second-order valence-corrected chi connectivity index (χ2v) is 7.03. The number of aromatic nitrogens is 3. The van der Waals surface area contributed by atoms with Crippen molar-refractivity contribution in [3.63, 3.8) is 0 Å². The number of carbonyl (C=O) groups excluding carboxylic acids is 1. The molecule has 4 rings (SSSR count). The Morgan fingerprint density at radius 1 is 1.21 bits per heavy atom. The molecule has 0 N–H and O–H groups in total. The van der Waals surface area contributed by atoms with Gasteiger partial charge in [0.25, 0.3) is 0 Å². The summed E-state index contributed by atoms with van der Waals surface area (Å²) in [5.41, 5.74) is 0.915. The first-order valence-electron chi connectivity index (χ1n) is 8.53. The summed E-state index contributed by atoms with van der Waals surface area (Å²) in [4.78, 5) is 25.9. The van der Waals surface area contributed by atoms with E-state index in [1.54, 1.807) is 6.20 Å². The highest BCUT2D eigenvalue weighted by atomic mass is 16.2. The molecule has 2 aliphatic rings. The van der Waals surface area contributed by atoms with Gasteiger partial charge in [-0.05, 0) is 31.0 Å². The van der Waals surface area contributed by atoms with E-state index < -0.39 is 0 Å². The number of hydrogen-bond acceptors (Lipinski definition) is 4. The SMILES string of the molecule is Cn1ccnc1CN1CC[C@]2(CCN(Cc3cccnc3)C2=O)C1. The Morgan fingerprint density at radius 3 is 2.83 bits per heavy atom. The van der Waals surface area contributed by atoms with E-state index >= 15 is 0 Å². The van der Waals surface area contributed by atoms with Gasteiger partial charge in [0.15, 0.2) is 0 Å². The van der Waals surface area contributed by atoms with E-state index in [0.29, 0.717) is 12.5 Å². The highest BCUT2D eigenvalue weighted by molar-refractivity contribution is 5.85. The number of nitrogens with zero attached hydrogens (tertiary/aromatic N) is 5. The fraction of sp³-hybridized carbons (Fsp3) is 0.500. The van der Waals surface area contributed by atoms with Crippen molar-refractivity contribution in [3.05, 3.63) is 48.3 Å². The molecule has 6 nitrogen and oxygen atoms in total. The van der Waals surface area contributed by atoms with Gasteiger partial charge in [0.1, 0.15) is 5.82 Å². The Morgan fingerprint density at radius 2 is 2.08 bits per heavy atom. The summed E-state index contributed by atoms with van der Waals surface area (Å²) >= 11 is 0. The van der Waals surface area contributed by atoms with E-state index in [9.17, 15) is 4.79 Å². The maximum atomic E-state index is 13.0. The maximum Gasteiger partial charge on any atom is 0.230 e. The molecule has 0 aliphatic carbocycles. The quantitative estimate of drug-likeness (QED) is 0.853. The van der Waals surface area contributed by atoms with Gasteiger partial charge >= 0.3 is 0 Å². The summed E-state index contributed by atoms with van der Waals surface area (Å²) in [7, 11) is 2.02. The molecule has 2 aromatic heterocycles. The van der Waals surface area contributed by atoms with Crippen molar-refractivity contribution < 1.29 is 4.79 Å². The van der Waals surface area contributed by atoms with Gasteiger partial charge in [0, 0.05) is 51.5 Å². The third-order valence-electron chi connectivity index (χ3n) is 5.42. The fourth-order valence-corrected chi connectivity index (χ4v) is 3.98. The Hall–Kier alpha value is -2.21. The lowest BCUT2D eigenvalue weighted by Gasteiger charge is -2.23. The molecule has 1 spiro atoms. The van der Waals surface area contributed by atoms with E-state index in [4.69, 9.17) is 0 Å². The van der Waals surface area contributed by atoms with E-state index in [1.807, 2.05) is 42.7 Å². The van der Waals surface area contributed by atoms with Crippen LogP contribution in [-0.2, 0) is 24.9 Å². The van der Waals surface area contributed by atoms with Crippen molar-refractivity contribution in [3.8, 4) is 0 Å². The van der Waals surface area contributed by atoms with Crippen molar-refractivity contribution in [2.75, 3.05) is 19.6 Å². The van der Waals surface area contributed by atoms with Crippen LogP contribution >= 0.6 is 0 Å². The number of rotatable bonds is 4. The molecular formula is C18H23N5O. The average molecular weight is 325 g/mol. The van der Waals surface area contributed by atoms with E-state index in [1.165, 1.54) is 0 Å². The van der Waals surface area contributed by atoms with Gasteiger partial charge in [-0.2, -0.15) is 0 Å². The second kappa shape index (κ2) is 6.02. The first-order chi connectivity index (χ1) is 11.7. The van der Waals surface area contributed by atoms with Crippen molar-refractivity contribution in [2.24, 2.45) is 12.5 Å². The molecule has 6 heteroatoms. The van der Waals surface area contributed by atoms with Crippen LogP contribution in [0.4, 0.5) is 0 Å². The highest BCUT2D eigenvalue weighted by Crippen LogP contribution is 2.41. The molecule has 1 atom stereocenters. The molecule has 2 aliphatic heterocycles. The van der Waals surface area contributed by atoms with Gasteiger partial charge in [-0.1, -0.05) is 6.07 Å². The van der Waals surface area contributed by atoms with Gasteiger partial charge in [-0.25, -0.2) is 4.98 Å². The topological polar surface area (TPSA) is 54.3 Å². The molecule has 2 fully saturated rings. The molecule has 0 saturated carbocycles. The minimum Gasteiger partial charge on any atom is -0.338 e. The zero-order valence-corrected chi connectivity index (χ0v) is 14.1. The predicted octanol–water partition coefficient (Wildman–Crippen LogP) is 1.44. The number of pyridine rings is 1. The zero-order chi connectivity index (χ0) is 16.6. The Balaban J connectivity index is 1.41. The molecule has 1 amide bonds. The summed E-state index contributed by atoms with van der Waals surface area (Å²) in [5.74, 6) is 1.37. The summed E-state index contributed by atoms with van der Waals surface area (Å²) < 4.78 is 2.05. The van der Waals surface area contributed by atoms with Crippen LogP contribution in [0, 0.1) is 5.41 Å². The Labute approximate surface area is 142 Å². The monoisotopic (exact) mass is 325 g/mol. The van der Waals surface area contributed by atoms with Crippen molar-refractivity contribution in [1.29, 1.82) is 0 Å². The van der Waals surface area contributed by atoms with Crippen molar-refractivity contribution >= 4 is 5.91 Å². The van der Waals surface area contributed by atoms with Crippen LogP contribution in [0.15, 0.2) is 36.9 Å². The Kier molecular flexibility index (Phi) is 3.84. The number of amides is 1. The van der Waals surface area contributed by atoms with E-state index in [0.717, 1.165) is 50.4 Å². The normalized spacial score (nSPS) is 24.4. The lowest BCUT2D eigenvalue weighted by Crippen LogP contribution is -2.36. The van der Waals surface area contributed by atoms with E-state index in [2.05, 4.69) is 19.4 Å². The standard InChI is InChI=1S/C18H23N5O/c1-21-10-7-20-16(21)13-22-8-4-18(14-22)5-9-23(17(18)24)12-15-3-2-6-19-11-15/h2-3,6-7,10-11H,4-5,8-9,12-14H2,1H3/t18-/m0/s1. The number of hydrogen-bond donors (Lipinski definition) is 0. The van der Waals surface area contributed by atoms with Crippen LogP contribution in [0.5, 0.6) is 0 Å². The number of aryl methyl sites for hydroxylation is 1. The largest absolute Gasteiger partial charge is 0.338 e. The summed E-state index contributed by atoms with van der Waals surface area (Å²) in [6.07, 6.45) is 9.33. The number of carbonyl (C=O) groups is 1. The molecule has 2 saturated heterocycles. The lowest BCUT2D eigenvalue weighted by molar-refractivity contribution is -0.136. The average Bonchev–Trinajstić information content (AvgIpc) is 3.27. The van der Waals surface area contributed by atoms with Gasteiger partial charge in [0.05, 0.1) is 12.0 Å². The van der Waals surface area contributed by atoms with Crippen LogP contribution in [0.2, 0.25) is 0 Å². The van der Waals surface area contributed by atoms with Crippen LogP contribution in [0.3, 0.4) is 0 Å². The van der Waals surface area contributed by atoms with Crippen molar-refractivity contribution in [1.82, 2.24) is 24.3 Å². The molecule has 0 bridgehead atoms. The summed E-state index contributed by atoms with van der Waals surface area (Å²) in [6, 6.07) is 3.96. The van der Waals surface area contributed by atoms with Crippen molar-refractivity contribution in [2.45, 2.75) is 25.9 Å². The van der Waals surface area contributed by atoms with Gasteiger partial charge in [0.2, 0.25) is 5.91 Å². The Bertz CT molecular complexity index is 728. The first-order valence-corrected chi connectivity index (χ1v) is 8.53. The molecule has 126 valence electrons. The zero-order valence-electron chi connectivity index (χ0n) is 14.1. The van der Waals surface area contributed by atoms with Gasteiger partial charge < -0.3 is 9.47 Å². The van der Waals surface area contributed by atoms with Crippen LogP contribution in [-0.4, -0.2) is 49.9 Å². The minimum atomic E-state index is -0.187. The summed E-state index contributed by atoms with van der Waals surface area (Å²) in [5, 5.41) is 0. The number of likely N-dealkylation sites (tertiary alicyclic amines) is 2.